The van der Waals surface area contributed by atoms with E-state index in [9.17, 15) is 4.79 Å². The zero-order valence-electron chi connectivity index (χ0n) is 19.9. The van der Waals surface area contributed by atoms with E-state index in [1.165, 1.54) is 11.3 Å². The Kier molecular flexibility index (Phi) is 7.32. The molecule has 0 unspecified atom stereocenters. The predicted octanol–water partition coefficient (Wildman–Crippen LogP) is 3.21. The van der Waals surface area contributed by atoms with Crippen molar-refractivity contribution < 1.29 is 9.53 Å². The molecule has 1 aliphatic carbocycles. The number of carbonyl (C=O) groups is 1. The van der Waals surface area contributed by atoms with E-state index < -0.39 is 0 Å². The van der Waals surface area contributed by atoms with Crippen LogP contribution >= 0.6 is 11.6 Å². The third-order valence-electron chi connectivity index (χ3n) is 7.45. The summed E-state index contributed by atoms with van der Waals surface area (Å²) in [7, 11) is 0. The molecule has 0 saturated carbocycles. The zero-order valence-corrected chi connectivity index (χ0v) is 20.6. The summed E-state index contributed by atoms with van der Waals surface area (Å²) < 4.78 is 5.52. The fourth-order valence-electron chi connectivity index (χ4n) is 5.46. The van der Waals surface area contributed by atoms with Crippen molar-refractivity contribution in [3.8, 4) is 0 Å². The molecule has 1 aromatic heterocycles. The Labute approximate surface area is 206 Å². The Hall–Kier alpha value is -2.22. The van der Waals surface area contributed by atoms with Gasteiger partial charge in [-0.3, -0.25) is 4.79 Å². The molecular formula is C26H34ClN5O2. The van der Waals surface area contributed by atoms with Crippen LogP contribution in [0.5, 0.6) is 0 Å². The van der Waals surface area contributed by atoms with Gasteiger partial charge in [-0.1, -0.05) is 30.7 Å². The Morgan fingerprint density at radius 3 is 2.59 bits per heavy atom. The summed E-state index contributed by atoms with van der Waals surface area (Å²) in [4.78, 5) is 27.2. The van der Waals surface area contributed by atoms with E-state index in [-0.39, 0.29) is 11.9 Å². The fraction of sp³-hybridized carbons (Fsp3) is 0.577. The smallest absolute Gasteiger partial charge is 0.240 e. The Morgan fingerprint density at radius 1 is 1.12 bits per heavy atom. The summed E-state index contributed by atoms with van der Waals surface area (Å²) in [6.45, 7) is 6.78. The maximum absolute atomic E-state index is 13.7. The van der Waals surface area contributed by atoms with E-state index in [1.54, 1.807) is 6.33 Å². The second-order valence-corrected chi connectivity index (χ2v) is 10.2. The highest BCUT2D eigenvalue weighted by Gasteiger charge is 2.32. The van der Waals surface area contributed by atoms with Gasteiger partial charge in [-0.25, -0.2) is 9.97 Å². The van der Waals surface area contributed by atoms with Crippen LogP contribution in [0, 0.1) is 0 Å². The molecule has 182 valence electrons. The van der Waals surface area contributed by atoms with Crippen LogP contribution in [-0.2, 0) is 22.4 Å². The average molecular weight is 484 g/mol. The molecule has 1 N–H and O–H groups in total. The number of halogens is 1. The topological polar surface area (TPSA) is 70.6 Å². The number of nitrogens with zero attached hydrogens (tertiary/aromatic N) is 4. The summed E-state index contributed by atoms with van der Waals surface area (Å²) >= 11 is 6.08. The lowest BCUT2D eigenvalue weighted by Gasteiger charge is -2.38. The van der Waals surface area contributed by atoms with Gasteiger partial charge < -0.3 is 19.9 Å². The van der Waals surface area contributed by atoms with E-state index in [1.807, 2.05) is 29.2 Å². The number of piperazine rings is 1. The van der Waals surface area contributed by atoms with Gasteiger partial charge >= 0.3 is 0 Å². The number of rotatable bonds is 6. The molecule has 2 aliphatic heterocycles. The van der Waals surface area contributed by atoms with Crippen LogP contribution in [0.4, 0.5) is 5.82 Å². The van der Waals surface area contributed by atoms with E-state index in [0.29, 0.717) is 36.5 Å². The molecule has 0 bridgehead atoms. The van der Waals surface area contributed by atoms with Crippen LogP contribution in [0.2, 0.25) is 5.02 Å². The molecule has 3 aliphatic rings. The molecule has 2 atom stereocenters. The van der Waals surface area contributed by atoms with Crippen LogP contribution in [0.3, 0.4) is 0 Å². The minimum absolute atomic E-state index is 0.183. The first-order chi connectivity index (χ1) is 16.6. The van der Waals surface area contributed by atoms with Gasteiger partial charge in [0.15, 0.2) is 0 Å². The van der Waals surface area contributed by atoms with Crippen molar-refractivity contribution in [1.29, 1.82) is 0 Å². The van der Waals surface area contributed by atoms with E-state index in [4.69, 9.17) is 16.3 Å². The molecule has 1 amide bonds. The average Bonchev–Trinajstić information content (AvgIpc) is 3.26. The van der Waals surface area contributed by atoms with Crippen molar-refractivity contribution in [2.24, 2.45) is 0 Å². The van der Waals surface area contributed by atoms with Crippen LogP contribution in [-0.4, -0.2) is 72.3 Å². The van der Waals surface area contributed by atoms with Crippen LogP contribution in [0.15, 0.2) is 30.6 Å². The van der Waals surface area contributed by atoms with Crippen molar-refractivity contribution in [2.75, 3.05) is 44.3 Å². The van der Waals surface area contributed by atoms with Gasteiger partial charge in [-0.05, 0) is 55.7 Å². The highest BCUT2D eigenvalue weighted by molar-refractivity contribution is 6.30. The molecule has 5 rings (SSSR count). The summed E-state index contributed by atoms with van der Waals surface area (Å²) in [6.07, 6.45) is 6.41. The van der Waals surface area contributed by atoms with Crippen molar-refractivity contribution in [1.82, 2.24) is 20.2 Å². The number of ether oxygens (including phenoxy) is 1. The highest BCUT2D eigenvalue weighted by atomic mass is 35.5. The Balaban J connectivity index is 1.26. The second-order valence-electron chi connectivity index (χ2n) is 9.75. The van der Waals surface area contributed by atoms with Crippen LogP contribution < -0.4 is 10.2 Å². The second kappa shape index (κ2) is 10.6. The van der Waals surface area contributed by atoms with Gasteiger partial charge in [0, 0.05) is 61.7 Å². The Bertz CT molecular complexity index is 987. The molecule has 0 radical (unpaired) electrons. The lowest BCUT2D eigenvalue weighted by atomic mass is 10.0. The number of fused-ring (bicyclic) bond motifs is 1. The monoisotopic (exact) mass is 483 g/mol. The lowest BCUT2D eigenvalue weighted by Crippen LogP contribution is -2.57. The molecule has 2 saturated heterocycles. The first-order valence-corrected chi connectivity index (χ1v) is 12.9. The van der Waals surface area contributed by atoms with Crippen LogP contribution in [0.1, 0.15) is 48.9 Å². The first-order valence-electron chi connectivity index (χ1n) is 12.5. The SMILES string of the molecule is C[C@@H]1CCc2ncnc(N3CCN(C(=O)[C@@H](Cc4ccc(Cl)cc4)NC4CCOCC4)CC3)c21. The van der Waals surface area contributed by atoms with Gasteiger partial charge in [-0.2, -0.15) is 0 Å². The first kappa shape index (κ1) is 23.5. The standard InChI is InChI=1S/C26H34ClN5O2/c1-18-2-7-22-24(18)25(29-17-28-22)31-10-12-32(13-11-31)26(33)23(30-21-8-14-34-15-9-21)16-19-3-5-20(27)6-4-19/h3-6,17-18,21,23,30H,2,7-16H2,1H3/t18-,23-/m1/s1. The zero-order chi connectivity index (χ0) is 23.5. The maximum atomic E-state index is 13.7. The summed E-state index contributed by atoms with van der Waals surface area (Å²) in [5, 5.41) is 4.37. The minimum Gasteiger partial charge on any atom is -0.381 e. The van der Waals surface area contributed by atoms with Crippen molar-refractivity contribution in [3.05, 3.63) is 52.4 Å². The van der Waals surface area contributed by atoms with Gasteiger partial charge in [0.05, 0.1) is 6.04 Å². The largest absolute Gasteiger partial charge is 0.381 e. The number of aryl methyl sites for hydroxylation is 1. The number of carbonyl (C=O) groups excluding carboxylic acids is 1. The number of amides is 1. The summed E-state index contributed by atoms with van der Waals surface area (Å²) in [6, 6.07) is 7.88. The van der Waals surface area contributed by atoms with Gasteiger partial charge in [0.25, 0.3) is 0 Å². The number of hydrogen-bond acceptors (Lipinski definition) is 6. The third kappa shape index (κ3) is 5.21. The summed E-state index contributed by atoms with van der Waals surface area (Å²) in [5.74, 6) is 1.75. The van der Waals surface area contributed by atoms with Crippen molar-refractivity contribution >= 4 is 23.3 Å². The number of nitrogens with one attached hydrogen (secondary N) is 1. The molecule has 0 spiro atoms. The quantitative estimate of drug-likeness (QED) is 0.680. The molecule has 1 aromatic carbocycles. The summed E-state index contributed by atoms with van der Waals surface area (Å²) in [5.41, 5.74) is 3.62. The molecule has 8 heteroatoms. The number of aromatic nitrogens is 2. The molecule has 2 aromatic rings. The van der Waals surface area contributed by atoms with Crippen LogP contribution in [0.25, 0.3) is 0 Å². The molecular weight excluding hydrogens is 450 g/mol. The number of anilines is 1. The van der Waals surface area contributed by atoms with Gasteiger partial charge in [-0.15, -0.1) is 0 Å². The minimum atomic E-state index is -0.251. The van der Waals surface area contributed by atoms with E-state index in [2.05, 4.69) is 27.1 Å². The van der Waals surface area contributed by atoms with E-state index >= 15 is 0 Å². The molecule has 3 heterocycles. The normalized spacial score (nSPS) is 22.0. The molecule has 7 nitrogen and oxygen atoms in total. The third-order valence-corrected chi connectivity index (χ3v) is 7.70. The lowest BCUT2D eigenvalue weighted by molar-refractivity contribution is -0.134. The number of benzene rings is 1. The molecule has 34 heavy (non-hydrogen) atoms. The van der Waals surface area contributed by atoms with Crippen molar-refractivity contribution in [3.63, 3.8) is 0 Å². The van der Waals surface area contributed by atoms with E-state index in [0.717, 1.165) is 63.4 Å². The Morgan fingerprint density at radius 2 is 1.85 bits per heavy atom. The maximum Gasteiger partial charge on any atom is 0.240 e. The predicted molar refractivity (Wildman–Crippen MR) is 133 cm³/mol. The highest BCUT2D eigenvalue weighted by Crippen LogP contribution is 2.37. The van der Waals surface area contributed by atoms with Gasteiger partial charge in [0.1, 0.15) is 12.1 Å². The fourth-order valence-corrected chi connectivity index (χ4v) is 5.58. The van der Waals surface area contributed by atoms with Crippen molar-refractivity contribution in [2.45, 2.75) is 57.0 Å². The van der Waals surface area contributed by atoms with Gasteiger partial charge in [0.2, 0.25) is 5.91 Å². The molecule has 2 fully saturated rings. The number of hydrogen-bond donors (Lipinski definition) is 1.